The maximum Gasteiger partial charge on any atom is 0.332 e. The third-order valence-corrected chi connectivity index (χ3v) is 4.52. The highest BCUT2D eigenvalue weighted by atomic mass is 16.2. The quantitative estimate of drug-likeness (QED) is 0.670. The predicted octanol–water partition coefficient (Wildman–Crippen LogP) is 1.47. The van der Waals surface area contributed by atoms with Gasteiger partial charge < -0.3 is 10.3 Å². The van der Waals surface area contributed by atoms with Crippen molar-refractivity contribution in [1.82, 2.24) is 19.9 Å². The van der Waals surface area contributed by atoms with Gasteiger partial charge in [-0.05, 0) is 44.1 Å². The smallest absolute Gasteiger partial charge is 0.332 e. The van der Waals surface area contributed by atoms with E-state index in [0.717, 1.165) is 42.5 Å². The minimum Gasteiger partial charge on any atom is -0.358 e. The molecule has 118 valence electrons. The molecule has 0 atom stereocenters. The maximum atomic E-state index is 12.1. The number of benzene rings is 1. The van der Waals surface area contributed by atoms with Gasteiger partial charge in [0.25, 0.3) is 5.56 Å². The van der Waals surface area contributed by atoms with Gasteiger partial charge in [-0.2, -0.15) is 0 Å². The van der Waals surface area contributed by atoms with E-state index in [1.807, 2.05) is 18.2 Å². The predicted molar refractivity (Wildman–Crippen MR) is 89.4 cm³/mol. The van der Waals surface area contributed by atoms with Crippen LogP contribution in [-0.2, 0) is 0 Å². The fourth-order valence-corrected chi connectivity index (χ4v) is 3.33. The first-order chi connectivity index (χ1) is 11.2. The Morgan fingerprint density at radius 1 is 1.04 bits per heavy atom. The molecule has 6 nitrogen and oxygen atoms in total. The van der Waals surface area contributed by atoms with Gasteiger partial charge in [0.1, 0.15) is 0 Å². The van der Waals surface area contributed by atoms with Gasteiger partial charge >= 0.3 is 5.69 Å². The first-order valence-corrected chi connectivity index (χ1v) is 7.87. The lowest BCUT2D eigenvalue weighted by atomic mass is 9.95. The van der Waals surface area contributed by atoms with E-state index in [1.54, 1.807) is 0 Å². The topological polar surface area (TPSA) is 82.7 Å². The van der Waals surface area contributed by atoms with Crippen molar-refractivity contribution in [2.45, 2.75) is 18.8 Å². The molecule has 1 aliphatic rings. The van der Waals surface area contributed by atoms with Crippen LogP contribution in [0.25, 0.3) is 16.6 Å². The average molecular weight is 310 g/mol. The van der Waals surface area contributed by atoms with Crippen LogP contribution >= 0.6 is 0 Å². The fourth-order valence-electron chi connectivity index (χ4n) is 3.33. The number of rotatable bonds is 2. The Morgan fingerprint density at radius 2 is 1.87 bits per heavy atom. The molecule has 0 bridgehead atoms. The van der Waals surface area contributed by atoms with E-state index >= 15 is 0 Å². The Balaban J connectivity index is 1.85. The molecule has 3 N–H and O–H groups in total. The average Bonchev–Trinajstić information content (AvgIpc) is 3.00. The Labute approximate surface area is 132 Å². The van der Waals surface area contributed by atoms with Crippen LogP contribution in [0, 0.1) is 0 Å². The highest BCUT2D eigenvalue weighted by molar-refractivity contribution is 5.88. The Bertz CT molecular complexity index is 960. The van der Waals surface area contributed by atoms with Crippen LogP contribution in [0.3, 0.4) is 0 Å². The second-order valence-corrected chi connectivity index (χ2v) is 5.97. The number of piperidine rings is 1. The van der Waals surface area contributed by atoms with Gasteiger partial charge in [-0.1, -0.05) is 6.07 Å². The van der Waals surface area contributed by atoms with Gasteiger partial charge in [-0.15, -0.1) is 0 Å². The molecule has 4 rings (SSSR count). The van der Waals surface area contributed by atoms with Gasteiger partial charge in [-0.3, -0.25) is 14.3 Å². The molecule has 0 saturated carbocycles. The summed E-state index contributed by atoms with van der Waals surface area (Å²) in [6.45, 7) is 2.07. The van der Waals surface area contributed by atoms with E-state index < -0.39 is 5.69 Å². The Morgan fingerprint density at radius 3 is 2.65 bits per heavy atom. The van der Waals surface area contributed by atoms with Gasteiger partial charge in [-0.25, -0.2) is 4.79 Å². The number of nitrogens with zero attached hydrogens (tertiary/aromatic N) is 1. The van der Waals surface area contributed by atoms with E-state index in [0.29, 0.717) is 5.92 Å². The van der Waals surface area contributed by atoms with E-state index in [-0.39, 0.29) is 5.56 Å². The molecule has 1 fully saturated rings. The normalized spacial score (nSPS) is 16.0. The van der Waals surface area contributed by atoms with Gasteiger partial charge in [0.2, 0.25) is 0 Å². The van der Waals surface area contributed by atoms with Crippen molar-refractivity contribution in [3.63, 3.8) is 0 Å². The number of aromatic nitrogens is 3. The van der Waals surface area contributed by atoms with E-state index in [1.165, 1.54) is 22.5 Å². The van der Waals surface area contributed by atoms with Crippen LogP contribution < -0.4 is 16.6 Å². The van der Waals surface area contributed by atoms with E-state index in [9.17, 15) is 9.59 Å². The largest absolute Gasteiger partial charge is 0.358 e. The summed E-state index contributed by atoms with van der Waals surface area (Å²) >= 11 is 0. The summed E-state index contributed by atoms with van der Waals surface area (Å²) in [7, 11) is 0. The van der Waals surface area contributed by atoms with Crippen molar-refractivity contribution < 1.29 is 0 Å². The number of H-pyrrole nitrogens is 2. The lowest BCUT2D eigenvalue weighted by molar-refractivity contribution is 0.455. The molecule has 2 aromatic heterocycles. The molecule has 3 heterocycles. The third-order valence-electron chi connectivity index (χ3n) is 4.52. The maximum absolute atomic E-state index is 12.1. The first kappa shape index (κ1) is 14.0. The number of hydrogen-bond acceptors (Lipinski definition) is 3. The van der Waals surface area contributed by atoms with Crippen molar-refractivity contribution in [3.8, 4) is 5.69 Å². The first-order valence-electron chi connectivity index (χ1n) is 7.87. The summed E-state index contributed by atoms with van der Waals surface area (Å²) in [5, 5.41) is 4.37. The molecule has 6 heteroatoms. The molecule has 1 aromatic carbocycles. The molecule has 0 aliphatic carbocycles. The summed E-state index contributed by atoms with van der Waals surface area (Å²) < 4.78 is 1.48. The molecule has 1 aliphatic heterocycles. The number of fused-ring (bicyclic) bond motifs is 1. The summed E-state index contributed by atoms with van der Waals surface area (Å²) in [6, 6.07) is 9.32. The molecule has 0 amide bonds. The minimum atomic E-state index is -0.422. The Hall–Kier alpha value is -2.60. The van der Waals surface area contributed by atoms with Gasteiger partial charge in [0, 0.05) is 34.8 Å². The summed E-state index contributed by atoms with van der Waals surface area (Å²) in [5.41, 5.74) is 2.19. The second kappa shape index (κ2) is 5.55. The van der Waals surface area contributed by atoms with Crippen LogP contribution in [0.2, 0.25) is 0 Å². The minimum absolute atomic E-state index is 0.386. The van der Waals surface area contributed by atoms with Crippen molar-refractivity contribution in [2.75, 3.05) is 13.1 Å². The monoisotopic (exact) mass is 310 g/mol. The van der Waals surface area contributed by atoms with Crippen molar-refractivity contribution in [1.29, 1.82) is 0 Å². The van der Waals surface area contributed by atoms with Crippen LogP contribution in [0.5, 0.6) is 0 Å². The fraction of sp³-hybridized carbons (Fsp3) is 0.294. The lowest BCUT2D eigenvalue weighted by Gasteiger charge is -2.21. The van der Waals surface area contributed by atoms with Crippen LogP contribution in [-0.4, -0.2) is 27.6 Å². The third kappa shape index (κ3) is 2.51. The summed E-state index contributed by atoms with van der Waals surface area (Å²) in [4.78, 5) is 29.1. The van der Waals surface area contributed by atoms with Crippen LogP contribution in [0.4, 0.5) is 0 Å². The second-order valence-electron chi connectivity index (χ2n) is 5.97. The molecule has 23 heavy (non-hydrogen) atoms. The Kier molecular flexibility index (Phi) is 3.38. The SMILES string of the molecule is O=c1ccn(-c2cccc3[nH]c(C4CCNCC4)cc23)c(=O)[nH]1. The molecular weight excluding hydrogens is 292 g/mol. The molecule has 1 saturated heterocycles. The zero-order valence-corrected chi connectivity index (χ0v) is 12.6. The van der Waals surface area contributed by atoms with Crippen molar-refractivity contribution in [2.24, 2.45) is 0 Å². The van der Waals surface area contributed by atoms with Crippen LogP contribution in [0.15, 0.2) is 46.1 Å². The van der Waals surface area contributed by atoms with Crippen molar-refractivity contribution in [3.05, 3.63) is 63.1 Å². The summed E-state index contributed by atoms with van der Waals surface area (Å²) in [5.74, 6) is 0.517. The molecular formula is C17H18N4O2. The molecule has 0 spiro atoms. The lowest BCUT2D eigenvalue weighted by Crippen LogP contribution is -2.27. The standard InChI is InChI=1S/C17H18N4O2/c22-16-6-9-21(17(23)20-16)15-3-1-2-13-12(15)10-14(19-13)11-4-7-18-8-5-11/h1-3,6,9-11,18-19H,4-5,7-8H2,(H,20,22,23). The summed E-state index contributed by atoms with van der Waals surface area (Å²) in [6.07, 6.45) is 3.74. The molecule has 0 radical (unpaired) electrons. The number of nitrogens with one attached hydrogen (secondary N) is 3. The highest BCUT2D eigenvalue weighted by Gasteiger charge is 2.18. The van der Waals surface area contributed by atoms with E-state index in [2.05, 4.69) is 21.4 Å². The zero-order chi connectivity index (χ0) is 15.8. The molecule has 0 unspecified atom stereocenters. The molecule has 3 aromatic rings. The zero-order valence-electron chi connectivity index (χ0n) is 12.6. The number of hydrogen-bond donors (Lipinski definition) is 3. The van der Waals surface area contributed by atoms with Gasteiger partial charge in [0.15, 0.2) is 0 Å². The van der Waals surface area contributed by atoms with Crippen LogP contribution in [0.1, 0.15) is 24.5 Å². The number of aromatic amines is 2. The van der Waals surface area contributed by atoms with E-state index in [4.69, 9.17) is 0 Å². The highest BCUT2D eigenvalue weighted by Crippen LogP contribution is 2.30. The van der Waals surface area contributed by atoms with Gasteiger partial charge in [0.05, 0.1) is 5.69 Å². The van der Waals surface area contributed by atoms with Crippen molar-refractivity contribution >= 4 is 10.9 Å².